The largest absolute Gasteiger partial charge is 0.491 e. The summed E-state index contributed by atoms with van der Waals surface area (Å²) in [6, 6.07) is 5.87. The first-order valence-electron chi connectivity index (χ1n) is 5.60. The maximum absolute atomic E-state index is 5.63. The van der Waals surface area contributed by atoms with Crippen LogP contribution in [0.1, 0.15) is 6.92 Å². The van der Waals surface area contributed by atoms with E-state index in [9.17, 15) is 0 Å². The fourth-order valence-corrected chi connectivity index (χ4v) is 2.40. The Kier molecular flexibility index (Phi) is 7.84. The Hall–Kier alpha value is -0.100. The van der Waals surface area contributed by atoms with Crippen molar-refractivity contribution in [2.24, 2.45) is 0 Å². The quantitative estimate of drug-likeness (QED) is 0.716. The topological polar surface area (TPSA) is 30.5 Å². The molecule has 5 heteroatoms. The summed E-state index contributed by atoms with van der Waals surface area (Å²) in [5.41, 5.74) is 0. The summed E-state index contributed by atoms with van der Waals surface area (Å²) in [7, 11) is 0. The number of rotatable bonds is 8. The Morgan fingerprint density at radius 2 is 1.94 bits per heavy atom. The monoisotopic (exact) mass is 365 g/mol. The molecule has 0 aromatic heterocycles. The summed E-state index contributed by atoms with van der Waals surface area (Å²) in [6.45, 7) is 5.83. The minimum Gasteiger partial charge on any atom is -0.491 e. The van der Waals surface area contributed by atoms with E-state index in [0.717, 1.165) is 41.0 Å². The second-order valence-electron chi connectivity index (χ2n) is 3.37. The predicted octanol–water partition coefficient (Wildman–Crippen LogP) is 3.22. The molecule has 0 saturated heterocycles. The molecule has 0 aliphatic rings. The SMILES string of the molecule is CCOCCNCCOc1ccc(Br)cc1Br. The molecule has 0 atom stereocenters. The van der Waals surface area contributed by atoms with Crippen LogP contribution in [0.4, 0.5) is 0 Å². The van der Waals surface area contributed by atoms with Crippen LogP contribution in [-0.2, 0) is 4.74 Å². The third-order valence-corrected chi connectivity index (χ3v) is 3.17. The number of hydrogen-bond donors (Lipinski definition) is 1. The first kappa shape index (κ1) is 15.0. The van der Waals surface area contributed by atoms with Gasteiger partial charge >= 0.3 is 0 Å². The van der Waals surface area contributed by atoms with E-state index in [1.165, 1.54) is 0 Å². The molecular weight excluding hydrogens is 350 g/mol. The van der Waals surface area contributed by atoms with Gasteiger partial charge in [0.25, 0.3) is 0 Å². The molecule has 1 aromatic rings. The van der Waals surface area contributed by atoms with E-state index < -0.39 is 0 Å². The van der Waals surface area contributed by atoms with Gasteiger partial charge in [-0.1, -0.05) is 15.9 Å². The van der Waals surface area contributed by atoms with Gasteiger partial charge < -0.3 is 14.8 Å². The molecule has 1 N–H and O–H groups in total. The third-order valence-electron chi connectivity index (χ3n) is 2.06. The molecule has 0 bridgehead atoms. The Morgan fingerprint density at radius 1 is 1.18 bits per heavy atom. The predicted molar refractivity (Wildman–Crippen MR) is 76.7 cm³/mol. The highest BCUT2D eigenvalue weighted by Gasteiger charge is 2.00. The second kappa shape index (κ2) is 8.91. The molecule has 0 radical (unpaired) electrons. The number of ether oxygens (including phenoxy) is 2. The number of hydrogen-bond acceptors (Lipinski definition) is 3. The molecule has 0 aliphatic carbocycles. The Balaban J connectivity index is 2.14. The van der Waals surface area contributed by atoms with E-state index in [0.29, 0.717) is 6.61 Å². The van der Waals surface area contributed by atoms with Gasteiger partial charge in [-0.05, 0) is 41.1 Å². The molecule has 0 aliphatic heterocycles. The highest BCUT2D eigenvalue weighted by molar-refractivity contribution is 9.11. The Morgan fingerprint density at radius 3 is 2.65 bits per heavy atom. The number of halogens is 2. The number of nitrogens with one attached hydrogen (secondary N) is 1. The summed E-state index contributed by atoms with van der Waals surface area (Å²) in [5, 5.41) is 3.25. The minimum absolute atomic E-state index is 0.645. The molecule has 0 heterocycles. The van der Waals surface area contributed by atoms with Gasteiger partial charge in [-0.2, -0.15) is 0 Å². The number of benzene rings is 1. The maximum atomic E-state index is 5.63. The van der Waals surface area contributed by atoms with E-state index in [2.05, 4.69) is 37.2 Å². The van der Waals surface area contributed by atoms with Crippen molar-refractivity contribution in [2.45, 2.75) is 6.92 Å². The zero-order valence-corrected chi connectivity index (χ0v) is 13.0. The molecule has 0 fully saturated rings. The lowest BCUT2D eigenvalue weighted by molar-refractivity contribution is 0.148. The first-order valence-corrected chi connectivity index (χ1v) is 7.19. The molecular formula is C12H17Br2NO2. The molecule has 17 heavy (non-hydrogen) atoms. The van der Waals surface area contributed by atoms with Crippen molar-refractivity contribution < 1.29 is 9.47 Å². The van der Waals surface area contributed by atoms with Crippen LogP contribution in [0.5, 0.6) is 5.75 Å². The summed E-state index contributed by atoms with van der Waals surface area (Å²) in [6.07, 6.45) is 0. The molecule has 1 rings (SSSR count). The average molecular weight is 367 g/mol. The van der Waals surface area contributed by atoms with Crippen LogP contribution in [0.3, 0.4) is 0 Å². The van der Waals surface area contributed by atoms with Gasteiger partial charge in [0.15, 0.2) is 0 Å². The zero-order chi connectivity index (χ0) is 12.5. The summed E-state index contributed by atoms with van der Waals surface area (Å²) in [4.78, 5) is 0. The smallest absolute Gasteiger partial charge is 0.133 e. The van der Waals surface area contributed by atoms with Gasteiger partial charge in [0, 0.05) is 24.2 Å². The molecule has 0 amide bonds. The van der Waals surface area contributed by atoms with Crippen molar-refractivity contribution in [1.82, 2.24) is 5.32 Å². The van der Waals surface area contributed by atoms with Gasteiger partial charge in [-0.3, -0.25) is 0 Å². The van der Waals surface area contributed by atoms with Crippen molar-refractivity contribution in [1.29, 1.82) is 0 Å². The molecule has 96 valence electrons. The standard InChI is InChI=1S/C12H17Br2NO2/c1-2-16-7-5-15-6-8-17-12-4-3-10(13)9-11(12)14/h3-4,9,15H,2,5-8H2,1H3. The van der Waals surface area contributed by atoms with E-state index in [4.69, 9.17) is 9.47 Å². The lowest BCUT2D eigenvalue weighted by Crippen LogP contribution is -2.25. The van der Waals surface area contributed by atoms with Crippen LogP contribution in [0.15, 0.2) is 27.1 Å². The lowest BCUT2D eigenvalue weighted by atomic mass is 10.3. The summed E-state index contributed by atoms with van der Waals surface area (Å²) >= 11 is 6.86. The third kappa shape index (κ3) is 6.41. The maximum Gasteiger partial charge on any atom is 0.133 e. The zero-order valence-electron chi connectivity index (χ0n) is 9.84. The first-order chi connectivity index (χ1) is 8.24. The fraction of sp³-hybridized carbons (Fsp3) is 0.500. The van der Waals surface area contributed by atoms with Crippen molar-refractivity contribution in [3.05, 3.63) is 27.1 Å². The van der Waals surface area contributed by atoms with Crippen molar-refractivity contribution >= 4 is 31.9 Å². The van der Waals surface area contributed by atoms with Gasteiger partial charge in [-0.25, -0.2) is 0 Å². The van der Waals surface area contributed by atoms with Gasteiger partial charge in [-0.15, -0.1) is 0 Å². The van der Waals surface area contributed by atoms with E-state index >= 15 is 0 Å². The van der Waals surface area contributed by atoms with Crippen LogP contribution in [0, 0.1) is 0 Å². The van der Waals surface area contributed by atoms with Crippen molar-refractivity contribution in [3.8, 4) is 5.75 Å². The molecule has 3 nitrogen and oxygen atoms in total. The van der Waals surface area contributed by atoms with Crippen molar-refractivity contribution in [2.75, 3.05) is 32.9 Å². The normalized spacial score (nSPS) is 10.5. The van der Waals surface area contributed by atoms with Gasteiger partial charge in [0.1, 0.15) is 12.4 Å². The van der Waals surface area contributed by atoms with E-state index in [1.54, 1.807) is 0 Å². The van der Waals surface area contributed by atoms with Crippen LogP contribution in [0.25, 0.3) is 0 Å². The Labute approximate surface area is 119 Å². The Bertz CT molecular complexity index is 334. The van der Waals surface area contributed by atoms with E-state index in [-0.39, 0.29) is 0 Å². The lowest BCUT2D eigenvalue weighted by Gasteiger charge is -2.09. The average Bonchev–Trinajstić information content (AvgIpc) is 2.30. The van der Waals surface area contributed by atoms with Gasteiger partial charge in [0.2, 0.25) is 0 Å². The van der Waals surface area contributed by atoms with Crippen LogP contribution < -0.4 is 10.1 Å². The molecule has 0 saturated carbocycles. The molecule has 0 unspecified atom stereocenters. The minimum atomic E-state index is 0.645. The highest BCUT2D eigenvalue weighted by Crippen LogP contribution is 2.27. The van der Waals surface area contributed by atoms with Crippen molar-refractivity contribution in [3.63, 3.8) is 0 Å². The summed E-state index contributed by atoms with van der Waals surface area (Å²) in [5.74, 6) is 0.861. The summed E-state index contributed by atoms with van der Waals surface area (Å²) < 4.78 is 12.8. The second-order valence-corrected chi connectivity index (χ2v) is 5.14. The highest BCUT2D eigenvalue weighted by atomic mass is 79.9. The van der Waals surface area contributed by atoms with Crippen LogP contribution in [-0.4, -0.2) is 32.9 Å². The molecule has 1 aromatic carbocycles. The van der Waals surface area contributed by atoms with Crippen LogP contribution in [0.2, 0.25) is 0 Å². The van der Waals surface area contributed by atoms with Crippen LogP contribution >= 0.6 is 31.9 Å². The van der Waals surface area contributed by atoms with Gasteiger partial charge in [0.05, 0.1) is 11.1 Å². The fourth-order valence-electron chi connectivity index (χ4n) is 1.24. The molecule has 0 spiro atoms. The van der Waals surface area contributed by atoms with E-state index in [1.807, 2.05) is 25.1 Å².